The lowest BCUT2D eigenvalue weighted by molar-refractivity contribution is -0.141. The zero-order valence-corrected chi connectivity index (χ0v) is 11.3. The molecule has 2 nitrogen and oxygen atoms in total. The van der Waals surface area contributed by atoms with Gasteiger partial charge in [-0.25, -0.2) is 0 Å². The highest BCUT2D eigenvalue weighted by molar-refractivity contribution is 5.65. The third kappa shape index (κ3) is 14.9. The normalized spacial score (nSPS) is 11.4. The number of hydrogen-bond donors (Lipinski definition) is 0. The number of hydrogen-bond acceptors (Lipinski definition) is 2. The summed E-state index contributed by atoms with van der Waals surface area (Å²) in [6.45, 7) is 4.20. The summed E-state index contributed by atoms with van der Waals surface area (Å²) in [5.74, 6) is -0.181. The van der Waals surface area contributed by atoms with Crippen molar-refractivity contribution in [3.8, 4) is 0 Å². The van der Waals surface area contributed by atoms with E-state index in [4.69, 9.17) is 4.74 Å². The predicted molar refractivity (Wildman–Crippen MR) is 72.9 cm³/mol. The van der Waals surface area contributed by atoms with Crippen molar-refractivity contribution in [1.29, 1.82) is 0 Å². The van der Waals surface area contributed by atoms with Gasteiger partial charge in [0.2, 0.25) is 0 Å². The lowest BCUT2D eigenvalue weighted by Crippen LogP contribution is -1.99. The Bertz CT molecular complexity index is 229. The van der Waals surface area contributed by atoms with E-state index in [-0.39, 0.29) is 5.97 Å². The van der Waals surface area contributed by atoms with Gasteiger partial charge in [0.05, 0.1) is 6.61 Å². The average Bonchev–Trinajstić information content (AvgIpc) is 2.30. The molecule has 0 saturated heterocycles. The van der Waals surface area contributed by atoms with Crippen molar-refractivity contribution >= 4 is 5.97 Å². The zero-order chi connectivity index (χ0) is 12.8. The summed E-state index contributed by atoms with van der Waals surface area (Å²) in [6.07, 6.45) is 16.8. The quantitative estimate of drug-likeness (QED) is 0.320. The SMILES string of the molecule is CCCC=CCCC=CCCCCOC(C)=O. The monoisotopic (exact) mass is 238 g/mol. The molecule has 0 bridgehead atoms. The van der Waals surface area contributed by atoms with Gasteiger partial charge in [-0.1, -0.05) is 37.6 Å². The molecule has 0 aliphatic rings. The van der Waals surface area contributed by atoms with Gasteiger partial charge in [-0.15, -0.1) is 0 Å². The van der Waals surface area contributed by atoms with E-state index in [2.05, 4.69) is 31.2 Å². The van der Waals surface area contributed by atoms with E-state index in [9.17, 15) is 4.79 Å². The fourth-order valence-electron chi connectivity index (χ4n) is 1.41. The Morgan fingerprint density at radius 1 is 0.941 bits per heavy atom. The summed E-state index contributed by atoms with van der Waals surface area (Å²) >= 11 is 0. The molecule has 0 aliphatic carbocycles. The maximum absolute atomic E-state index is 10.5. The minimum atomic E-state index is -0.181. The lowest BCUT2D eigenvalue weighted by atomic mass is 10.2. The molecule has 0 spiro atoms. The maximum atomic E-state index is 10.5. The summed E-state index contributed by atoms with van der Waals surface area (Å²) < 4.78 is 4.85. The van der Waals surface area contributed by atoms with Crippen LogP contribution >= 0.6 is 0 Å². The van der Waals surface area contributed by atoms with E-state index < -0.39 is 0 Å². The van der Waals surface area contributed by atoms with Crippen LogP contribution in [-0.4, -0.2) is 12.6 Å². The molecular formula is C15H26O2. The Morgan fingerprint density at radius 3 is 2.12 bits per heavy atom. The third-order valence-electron chi connectivity index (χ3n) is 2.36. The Labute approximate surface area is 106 Å². The minimum Gasteiger partial charge on any atom is -0.466 e. The molecule has 0 unspecified atom stereocenters. The van der Waals surface area contributed by atoms with Crippen LogP contribution < -0.4 is 0 Å². The highest BCUT2D eigenvalue weighted by Gasteiger charge is 1.91. The second kappa shape index (κ2) is 13.0. The molecule has 0 rings (SSSR count). The van der Waals surface area contributed by atoms with E-state index in [0.29, 0.717) is 6.61 Å². The summed E-state index contributed by atoms with van der Waals surface area (Å²) in [5, 5.41) is 0. The van der Waals surface area contributed by atoms with Crippen LogP contribution in [0.5, 0.6) is 0 Å². The summed E-state index contributed by atoms with van der Waals surface area (Å²) in [5.41, 5.74) is 0. The van der Waals surface area contributed by atoms with Gasteiger partial charge in [0.1, 0.15) is 0 Å². The fourth-order valence-corrected chi connectivity index (χ4v) is 1.41. The molecule has 0 atom stereocenters. The molecule has 0 N–H and O–H groups in total. The van der Waals surface area contributed by atoms with Crippen molar-refractivity contribution < 1.29 is 9.53 Å². The fraction of sp³-hybridized carbons (Fsp3) is 0.667. The Morgan fingerprint density at radius 2 is 1.53 bits per heavy atom. The standard InChI is InChI=1S/C15H26O2/c1-3-4-5-6-7-8-9-10-11-12-13-14-17-15(2)16/h5-6,9-10H,3-4,7-8,11-14H2,1-2H3. The second-order valence-corrected chi connectivity index (χ2v) is 4.14. The lowest BCUT2D eigenvalue weighted by Gasteiger charge is -1.99. The highest BCUT2D eigenvalue weighted by Crippen LogP contribution is 2.00. The van der Waals surface area contributed by atoms with Crippen LogP contribution in [0, 0.1) is 0 Å². The molecule has 0 aromatic rings. The molecule has 0 radical (unpaired) electrons. The summed E-state index contributed by atoms with van der Waals surface area (Å²) in [4.78, 5) is 10.5. The first-order chi connectivity index (χ1) is 8.27. The average molecular weight is 238 g/mol. The number of esters is 1. The number of allylic oxidation sites excluding steroid dienone is 4. The first-order valence-corrected chi connectivity index (χ1v) is 6.70. The van der Waals surface area contributed by atoms with E-state index in [1.54, 1.807) is 0 Å². The maximum Gasteiger partial charge on any atom is 0.302 e. The molecular weight excluding hydrogens is 212 g/mol. The van der Waals surface area contributed by atoms with Crippen LogP contribution in [0.1, 0.15) is 58.8 Å². The number of ether oxygens (including phenoxy) is 1. The topological polar surface area (TPSA) is 26.3 Å². The summed E-state index contributed by atoms with van der Waals surface area (Å²) in [6, 6.07) is 0. The minimum absolute atomic E-state index is 0.181. The van der Waals surface area contributed by atoms with Crippen LogP contribution in [0.4, 0.5) is 0 Å². The van der Waals surface area contributed by atoms with Gasteiger partial charge >= 0.3 is 5.97 Å². The molecule has 0 aromatic carbocycles. The zero-order valence-electron chi connectivity index (χ0n) is 11.3. The Hall–Kier alpha value is -1.05. The number of unbranched alkanes of at least 4 members (excludes halogenated alkanes) is 4. The highest BCUT2D eigenvalue weighted by atomic mass is 16.5. The van der Waals surface area contributed by atoms with Crippen LogP contribution in [0.2, 0.25) is 0 Å². The molecule has 0 aliphatic heterocycles. The van der Waals surface area contributed by atoms with Gasteiger partial charge in [-0.05, 0) is 38.5 Å². The molecule has 0 fully saturated rings. The van der Waals surface area contributed by atoms with Gasteiger partial charge in [0, 0.05) is 6.92 Å². The number of carbonyl (C=O) groups is 1. The van der Waals surface area contributed by atoms with Crippen molar-refractivity contribution in [2.24, 2.45) is 0 Å². The van der Waals surface area contributed by atoms with E-state index >= 15 is 0 Å². The largest absolute Gasteiger partial charge is 0.466 e. The third-order valence-corrected chi connectivity index (χ3v) is 2.36. The predicted octanol–water partition coefficient (Wildman–Crippen LogP) is 4.41. The van der Waals surface area contributed by atoms with Gasteiger partial charge in [0.25, 0.3) is 0 Å². The van der Waals surface area contributed by atoms with Gasteiger partial charge in [-0.2, -0.15) is 0 Å². The van der Waals surface area contributed by atoms with E-state index in [0.717, 1.165) is 32.1 Å². The Kier molecular flexibility index (Phi) is 12.2. The van der Waals surface area contributed by atoms with Gasteiger partial charge < -0.3 is 4.74 Å². The van der Waals surface area contributed by atoms with Crippen molar-refractivity contribution in [3.05, 3.63) is 24.3 Å². The van der Waals surface area contributed by atoms with Crippen molar-refractivity contribution in [2.75, 3.05) is 6.61 Å². The molecule has 0 saturated carbocycles. The van der Waals surface area contributed by atoms with Crippen LogP contribution in [0.15, 0.2) is 24.3 Å². The van der Waals surface area contributed by atoms with Crippen LogP contribution in [-0.2, 0) is 9.53 Å². The van der Waals surface area contributed by atoms with Crippen molar-refractivity contribution in [3.63, 3.8) is 0 Å². The molecule has 2 heteroatoms. The molecule has 98 valence electrons. The number of rotatable bonds is 10. The second-order valence-electron chi connectivity index (χ2n) is 4.14. The summed E-state index contributed by atoms with van der Waals surface area (Å²) in [7, 11) is 0. The van der Waals surface area contributed by atoms with Gasteiger partial charge in [0.15, 0.2) is 0 Å². The van der Waals surface area contributed by atoms with Crippen molar-refractivity contribution in [2.45, 2.75) is 58.8 Å². The van der Waals surface area contributed by atoms with E-state index in [1.807, 2.05) is 0 Å². The Balaban J connectivity index is 3.17. The molecule has 0 amide bonds. The van der Waals surface area contributed by atoms with E-state index in [1.165, 1.54) is 19.8 Å². The van der Waals surface area contributed by atoms with Gasteiger partial charge in [-0.3, -0.25) is 4.79 Å². The molecule has 0 aromatic heterocycles. The first-order valence-electron chi connectivity index (χ1n) is 6.70. The smallest absolute Gasteiger partial charge is 0.302 e. The first kappa shape index (κ1) is 16.0. The molecule has 17 heavy (non-hydrogen) atoms. The number of carbonyl (C=O) groups excluding carboxylic acids is 1. The van der Waals surface area contributed by atoms with Crippen molar-refractivity contribution in [1.82, 2.24) is 0 Å². The van der Waals surface area contributed by atoms with Crippen LogP contribution in [0.3, 0.4) is 0 Å². The molecule has 0 heterocycles. The van der Waals surface area contributed by atoms with Crippen LogP contribution in [0.25, 0.3) is 0 Å².